The smallest absolute Gasteiger partial charge is 0.187 e. The van der Waals surface area contributed by atoms with Crippen LogP contribution in [0.3, 0.4) is 0 Å². The van der Waals surface area contributed by atoms with Crippen LogP contribution in [-0.4, -0.2) is 198 Å². The molecule has 0 aromatic carbocycles. The van der Waals surface area contributed by atoms with Crippen LogP contribution in [0.15, 0.2) is 0 Å². The van der Waals surface area contributed by atoms with Crippen LogP contribution in [0, 0.1) is 52.3 Å². The molecule has 27 atom stereocenters. The van der Waals surface area contributed by atoms with Gasteiger partial charge in [0.25, 0.3) is 0 Å². The summed E-state index contributed by atoms with van der Waals surface area (Å²) in [5, 5.41) is 125. The van der Waals surface area contributed by atoms with Crippen molar-refractivity contribution in [1.82, 2.24) is 0 Å². The van der Waals surface area contributed by atoms with Crippen molar-refractivity contribution in [3.63, 3.8) is 0 Å². The van der Waals surface area contributed by atoms with E-state index in [-0.39, 0.29) is 47.4 Å². The van der Waals surface area contributed by atoms with Crippen LogP contribution in [0.4, 0.5) is 0 Å². The summed E-state index contributed by atoms with van der Waals surface area (Å²) in [7, 11) is 0. The van der Waals surface area contributed by atoms with Gasteiger partial charge in [0.05, 0.1) is 38.6 Å². The van der Waals surface area contributed by atoms with Crippen molar-refractivity contribution >= 4 is 0 Å². The van der Waals surface area contributed by atoms with Gasteiger partial charge in [-0.25, -0.2) is 0 Å². The van der Waals surface area contributed by atoms with E-state index in [9.17, 15) is 61.3 Å². The number of aliphatic hydroxyl groups excluding tert-OH is 11. The number of hydrogen-bond acceptors (Lipinski definition) is 19. The molecular formula is C45H76O19. The molecule has 64 heavy (non-hydrogen) atoms. The Morgan fingerprint density at radius 3 is 1.84 bits per heavy atom. The predicted octanol–water partition coefficient (Wildman–Crippen LogP) is -1.78. The number of aliphatic hydroxyl groups is 12. The van der Waals surface area contributed by atoms with Crippen molar-refractivity contribution in [2.24, 2.45) is 52.3 Å². The SMILES string of the molecule is C[C@H](CC[C@]1(O)O[C@@H]2C[C@H]3[C@@H]4CC[C@H]5C[C@H](O[C@H]6O[C@H](CO)[C@@H](O)[C@@H](O)[C@H]6O[C@H]6O[C@H](CO)[C@@H](O)[C@@H](O)[C@H]6O)CC[C@]5(C)[C@H]4CC[C@@]3(C)[C@H]2[C@H]1C)CO[C@H]1O[C@H](CO)[C@@H](O)[C@@H](O)[C@H]1O. The zero-order valence-electron chi connectivity index (χ0n) is 37.5. The second kappa shape index (κ2) is 19.2. The second-order valence-electron chi connectivity index (χ2n) is 21.5. The molecule has 19 heteroatoms. The summed E-state index contributed by atoms with van der Waals surface area (Å²) < 4.78 is 42.0. The number of hydrogen-bond donors (Lipinski definition) is 12. The van der Waals surface area contributed by atoms with Crippen LogP contribution in [-0.2, 0) is 33.2 Å². The molecule has 4 aliphatic heterocycles. The molecule has 0 amide bonds. The van der Waals surface area contributed by atoms with Crippen molar-refractivity contribution in [3.05, 3.63) is 0 Å². The first kappa shape index (κ1) is 49.7. The van der Waals surface area contributed by atoms with Gasteiger partial charge in [-0.3, -0.25) is 0 Å². The van der Waals surface area contributed by atoms with Crippen LogP contribution in [0.25, 0.3) is 0 Å². The molecular weight excluding hydrogens is 844 g/mol. The molecule has 4 aliphatic carbocycles. The molecule has 0 unspecified atom stereocenters. The Balaban J connectivity index is 0.869. The Hall–Kier alpha value is -0.760. The highest BCUT2D eigenvalue weighted by Crippen LogP contribution is 2.71. The second-order valence-corrected chi connectivity index (χ2v) is 21.5. The lowest BCUT2D eigenvalue weighted by Gasteiger charge is -2.61. The molecule has 0 aromatic heterocycles. The van der Waals surface area contributed by atoms with Gasteiger partial charge >= 0.3 is 0 Å². The van der Waals surface area contributed by atoms with Gasteiger partial charge in [-0.2, -0.15) is 0 Å². The maximum atomic E-state index is 12.1. The van der Waals surface area contributed by atoms with E-state index in [1.165, 1.54) is 0 Å². The quantitative estimate of drug-likeness (QED) is 0.0909. The third-order valence-electron chi connectivity index (χ3n) is 18.0. The van der Waals surface area contributed by atoms with Crippen LogP contribution in [0.1, 0.15) is 91.9 Å². The molecule has 8 aliphatic rings. The highest BCUT2D eigenvalue weighted by Gasteiger charge is 2.68. The minimum atomic E-state index is -1.75. The Labute approximate surface area is 374 Å². The average Bonchev–Trinajstić information content (AvgIpc) is 3.71. The third kappa shape index (κ3) is 8.65. The van der Waals surface area contributed by atoms with E-state index in [4.69, 9.17) is 33.2 Å². The van der Waals surface area contributed by atoms with Crippen molar-refractivity contribution < 1.29 is 94.4 Å². The van der Waals surface area contributed by atoms with Crippen LogP contribution in [0.2, 0.25) is 0 Å². The Kier molecular flexibility index (Phi) is 14.9. The van der Waals surface area contributed by atoms with E-state index < -0.39 is 118 Å². The van der Waals surface area contributed by atoms with Crippen LogP contribution >= 0.6 is 0 Å². The molecule has 0 bridgehead atoms. The first-order chi connectivity index (χ1) is 30.3. The minimum absolute atomic E-state index is 0.00000712. The summed E-state index contributed by atoms with van der Waals surface area (Å²) in [5.74, 6) is 0.532. The highest BCUT2D eigenvalue weighted by molar-refractivity contribution is 5.15. The summed E-state index contributed by atoms with van der Waals surface area (Å²) in [6.07, 6.45) is -13.7. The standard InChI is InChI=1S/C45H76O19/c1-19(18-58-40-37(55)34(52)31(49)27(15-46)60-40)7-12-45(57)20(2)30-26(64-45)14-25-23-6-5-21-13-22(8-10-43(21,3)24(23)9-11-44(25,30)4)59-42-39(36(54)33(51)29(17-48)62-42)63-41-38(56)35(53)32(50)28(16-47)61-41/h19-42,46-57H,5-18H2,1-4H3/t19-,20-,21+,22-,23-,24+,25+,26-,27-,28-,29-,30+,31-,32-,33-,34-,35-,36-,37-,38-,39-,40+,41-,42+,43+,44-,45+/m1/s1. The van der Waals surface area contributed by atoms with Crippen molar-refractivity contribution in [2.75, 3.05) is 26.4 Å². The van der Waals surface area contributed by atoms with Gasteiger partial charge in [-0.05, 0) is 104 Å². The fourth-order valence-corrected chi connectivity index (χ4v) is 14.2. The van der Waals surface area contributed by atoms with E-state index in [0.29, 0.717) is 42.9 Å². The molecule has 0 spiro atoms. The van der Waals surface area contributed by atoms with E-state index >= 15 is 0 Å². The minimum Gasteiger partial charge on any atom is -0.394 e. The number of ether oxygens (including phenoxy) is 7. The van der Waals surface area contributed by atoms with Crippen LogP contribution < -0.4 is 0 Å². The van der Waals surface area contributed by atoms with E-state index in [2.05, 4.69) is 20.8 Å². The topological polar surface area (TPSA) is 307 Å². The number of fused-ring (bicyclic) bond motifs is 7. The normalized spacial score (nSPS) is 55.6. The van der Waals surface area contributed by atoms with Gasteiger partial charge in [0.1, 0.15) is 73.2 Å². The molecule has 8 rings (SSSR count). The summed E-state index contributed by atoms with van der Waals surface area (Å²) in [6.45, 7) is 7.28. The first-order valence-electron chi connectivity index (χ1n) is 23.9. The Morgan fingerprint density at radius 1 is 0.625 bits per heavy atom. The van der Waals surface area contributed by atoms with Gasteiger partial charge < -0.3 is 94.4 Å². The molecule has 8 fully saturated rings. The van der Waals surface area contributed by atoms with Crippen molar-refractivity contribution in [2.45, 2.75) is 202 Å². The molecule has 370 valence electrons. The first-order valence-corrected chi connectivity index (χ1v) is 23.9. The largest absolute Gasteiger partial charge is 0.394 e. The van der Waals surface area contributed by atoms with E-state index in [0.717, 1.165) is 44.9 Å². The Morgan fingerprint density at radius 2 is 1.20 bits per heavy atom. The summed E-state index contributed by atoms with van der Waals surface area (Å²) in [4.78, 5) is 0. The lowest BCUT2D eigenvalue weighted by molar-refractivity contribution is -0.373. The zero-order valence-corrected chi connectivity index (χ0v) is 37.5. The lowest BCUT2D eigenvalue weighted by atomic mass is 9.44. The fourth-order valence-electron chi connectivity index (χ4n) is 14.2. The maximum Gasteiger partial charge on any atom is 0.187 e. The summed E-state index contributed by atoms with van der Waals surface area (Å²) >= 11 is 0. The maximum absolute atomic E-state index is 12.1. The van der Waals surface area contributed by atoms with Gasteiger partial charge in [0.15, 0.2) is 24.7 Å². The summed E-state index contributed by atoms with van der Waals surface area (Å²) in [6, 6.07) is 0. The predicted molar refractivity (Wildman–Crippen MR) is 219 cm³/mol. The molecule has 19 nitrogen and oxygen atoms in total. The van der Waals surface area contributed by atoms with E-state index in [1.54, 1.807) is 0 Å². The third-order valence-corrected chi connectivity index (χ3v) is 18.0. The molecule has 4 heterocycles. The number of rotatable bonds is 13. The lowest BCUT2D eigenvalue weighted by Crippen LogP contribution is -2.65. The molecule has 4 saturated heterocycles. The van der Waals surface area contributed by atoms with Gasteiger partial charge in [0, 0.05) is 12.3 Å². The van der Waals surface area contributed by atoms with Gasteiger partial charge in [-0.1, -0.05) is 27.7 Å². The average molecular weight is 921 g/mol. The highest BCUT2D eigenvalue weighted by atomic mass is 16.8. The Bertz CT molecular complexity index is 1560. The van der Waals surface area contributed by atoms with E-state index in [1.807, 2.05) is 6.92 Å². The molecule has 0 aromatic rings. The zero-order chi connectivity index (χ0) is 46.2. The fraction of sp³-hybridized carbons (Fsp3) is 1.00. The summed E-state index contributed by atoms with van der Waals surface area (Å²) in [5.41, 5.74) is 0.0475. The molecule has 4 saturated carbocycles. The molecule has 12 N–H and O–H groups in total. The monoisotopic (exact) mass is 920 g/mol. The van der Waals surface area contributed by atoms with Gasteiger partial charge in [0.2, 0.25) is 0 Å². The van der Waals surface area contributed by atoms with Crippen molar-refractivity contribution in [1.29, 1.82) is 0 Å². The van der Waals surface area contributed by atoms with Gasteiger partial charge in [-0.15, -0.1) is 0 Å². The molecule has 0 radical (unpaired) electrons. The van der Waals surface area contributed by atoms with Crippen molar-refractivity contribution in [3.8, 4) is 0 Å². The van der Waals surface area contributed by atoms with Crippen LogP contribution in [0.5, 0.6) is 0 Å².